The zero-order valence-electron chi connectivity index (χ0n) is 23.6. The first-order valence-electron chi connectivity index (χ1n) is 14.0. The van der Waals surface area contributed by atoms with Crippen LogP contribution in [0.25, 0.3) is 5.57 Å². The van der Waals surface area contributed by atoms with E-state index in [-0.39, 0.29) is 4.90 Å². The Morgan fingerprint density at radius 3 is 1.64 bits per heavy atom. The van der Waals surface area contributed by atoms with Crippen molar-refractivity contribution in [3.8, 4) is 0 Å². The minimum Gasteiger partial charge on any atom is -0.356 e. The van der Waals surface area contributed by atoms with Crippen molar-refractivity contribution < 1.29 is 13.0 Å². The second kappa shape index (κ2) is 12.8. The van der Waals surface area contributed by atoms with Gasteiger partial charge < -0.3 is 10.6 Å². The first-order valence-corrected chi connectivity index (χ1v) is 15.5. The first-order chi connectivity index (χ1) is 21.4. The summed E-state index contributed by atoms with van der Waals surface area (Å²) in [5.41, 5.74) is 8.81. The lowest BCUT2D eigenvalue weighted by atomic mass is 9.90. The third-order valence-electron chi connectivity index (χ3n) is 7.02. The molecule has 1 aliphatic rings. The Hall–Kier alpha value is -5.50. The van der Waals surface area contributed by atoms with Gasteiger partial charge in [0, 0.05) is 17.1 Å². The molecular formula is C37H29N3O3S. The van der Waals surface area contributed by atoms with Crippen LogP contribution in [0, 0.1) is 0 Å². The molecule has 0 heterocycles. The maximum absolute atomic E-state index is 11.9. The van der Waals surface area contributed by atoms with E-state index in [9.17, 15) is 13.0 Å². The van der Waals surface area contributed by atoms with Crippen LogP contribution in [0.5, 0.6) is 0 Å². The lowest BCUT2D eigenvalue weighted by molar-refractivity contribution is 0.483. The van der Waals surface area contributed by atoms with Crippen molar-refractivity contribution in [3.05, 3.63) is 174 Å². The summed E-state index contributed by atoms with van der Waals surface area (Å²) in [4.78, 5) is 4.55. The Balaban J connectivity index is 1.34. The smallest absolute Gasteiger partial charge is 0.296 e. The highest BCUT2D eigenvalue weighted by atomic mass is 32.2. The van der Waals surface area contributed by atoms with E-state index < -0.39 is 10.1 Å². The van der Waals surface area contributed by atoms with Crippen molar-refractivity contribution in [1.82, 2.24) is 0 Å². The fraction of sp³-hybridized carbons (Fsp3) is 0. The summed E-state index contributed by atoms with van der Waals surface area (Å²) in [6.07, 6.45) is 8.16. The number of rotatable bonds is 8. The van der Waals surface area contributed by atoms with Crippen molar-refractivity contribution in [3.63, 3.8) is 0 Å². The number of benzene rings is 5. The maximum Gasteiger partial charge on any atom is 0.296 e. The van der Waals surface area contributed by atoms with Crippen LogP contribution in [-0.4, -0.2) is 18.7 Å². The Morgan fingerprint density at radius 1 is 0.545 bits per heavy atom. The van der Waals surface area contributed by atoms with Gasteiger partial charge >= 0.3 is 0 Å². The van der Waals surface area contributed by atoms with Gasteiger partial charge in [0.05, 0.1) is 17.1 Å². The molecule has 0 saturated carbocycles. The number of nitrogens with one attached hydrogen (secondary N) is 2. The average molecular weight is 596 g/mol. The standard InChI is InChI=1S/C37H29N3O3S/c41-44(42,43)36-14-8-7-13-35(36)40-34-25-19-29(20-26-34)37(27-15-21-32(22-16-27)38-30-9-3-1-4-10-30)28-17-23-33(24-18-28)39-31-11-5-2-6-12-31/h1-26,38,40H,(H,41,42,43). The summed E-state index contributed by atoms with van der Waals surface area (Å²) in [6, 6.07) is 42.2. The number of para-hydroxylation sites is 3. The molecule has 0 spiro atoms. The van der Waals surface area contributed by atoms with Gasteiger partial charge in [-0.2, -0.15) is 8.42 Å². The molecule has 6 rings (SSSR count). The molecule has 0 bridgehead atoms. The van der Waals surface area contributed by atoms with Crippen LogP contribution in [0.3, 0.4) is 0 Å². The molecule has 6 nitrogen and oxygen atoms in total. The average Bonchev–Trinajstić information content (AvgIpc) is 3.04. The van der Waals surface area contributed by atoms with Crippen molar-refractivity contribution in [1.29, 1.82) is 0 Å². The largest absolute Gasteiger partial charge is 0.356 e. The summed E-state index contributed by atoms with van der Waals surface area (Å²) < 4.78 is 33.3. The summed E-state index contributed by atoms with van der Waals surface area (Å²) in [5, 5.41) is 6.55. The topological polar surface area (TPSA) is 90.8 Å². The molecule has 0 atom stereocenters. The molecule has 0 saturated heterocycles. The molecule has 0 unspecified atom stereocenters. The van der Waals surface area contributed by atoms with Crippen LogP contribution < -0.4 is 10.6 Å². The molecule has 0 aliphatic heterocycles. The van der Waals surface area contributed by atoms with Gasteiger partial charge in [-0.3, -0.25) is 4.55 Å². The zero-order chi connectivity index (χ0) is 30.4. The predicted octanol–water partition coefficient (Wildman–Crippen LogP) is 9.12. The monoisotopic (exact) mass is 595 g/mol. The molecule has 1 aliphatic carbocycles. The van der Waals surface area contributed by atoms with E-state index in [4.69, 9.17) is 4.99 Å². The van der Waals surface area contributed by atoms with E-state index in [1.807, 2.05) is 97.1 Å². The number of hydrogen-bond acceptors (Lipinski definition) is 5. The van der Waals surface area contributed by atoms with Gasteiger partial charge in [0.25, 0.3) is 10.1 Å². The molecular weight excluding hydrogens is 566 g/mol. The van der Waals surface area contributed by atoms with E-state index in [1.54, 1.807) is 18.2 Å². The summed E-state index contributed by atoms with van der Waals surface area (Å²) in [6.45, 7) is 0. The highest BCUT2D eigenvalue weighted by Crippen LogP contribution is 2.33. The highest BCUT2D eigenvalue weighted by Gasteiger charge is 2.16. The van der Waals surface area contributed by atoms with Crippen molar-refractivity contribution in [2.45, 2.75) is 4.90 Å². The van der Waals surface area contributed by atoms with Gasteiger partial charge in [0.2, 0.25) is 0 Å². The lowest BCUT2D eigenvalue weighted by Gasteiger charge is -2.16. The van der Waals surface area contributed by atoms with E-state index in [0.717, 1.165) is 45.0 Å². The Bertz CT molecular complexity index is 1980. The summed E-state index contributed by atoms with van der Waals surface area (Å²) >= 11 is 0. The Kier molecular flexibility index (Phi) is 8.32. The Labute approximate surface area is 257 Å². The minimum absolute atomic E-state index is 0.179. The second-order valence-corrected chi connectivity index (χ2v) is 11.5. The van der Waals surface area contributed by atoms with Gasteiger partial charge in [-0.1, -0.05) is 84.9 Å². The fourth-order valence-electron chi connectivity index (χ4n) is 4.93. The molecule has 3 N–H and O–H groups in total. The number of anilines is 4. The number of allylic oxidation sites excluding steroid dienone is 5. The fourth-order valence-corrected chi connectivity index (χ4v) is 5.58. The van der Waals surface area contributed by atoms with Gasteiger partial charge in [0.1, 0.15) is 4.90 Å². The highest BCUT2D eigenvalue weighted by molar-refractivity contribution is 7.86. The SMILES string of the molecule is O=S(=O)(O)c1ccccc1Nc1ccc(C(=C2C=CC(=Nc3ccccc3)C=C2)c2ccc(Nc3ccccc3)cc2)cc1. The first kappa shape index (κ1) is 28.6. The van der Waals surface area contributed by atoms with Crippen molar-refractivity contribution in [2.24, 2.45) is 4.99 Å². The molecule has 44 heavy (non-hydrogen) atoms. The number of nitrogens with zero attached hydrogens (tertiary/aromatic N) is 1. The molecule has 5 aromatic carbocycles. The van der Waals surface area contributed by atoms with Crippen LogP contribution in [-0.2, 0) is 10.1 Å². The van der Waals surface area contributed by atoms with E-state index in [2.05, 4.69) is 47.1 Å². The van der Waals surface area contributed by atoms with Crippen molar-refractivity contribution >= 4 is 49.8 Å². The molecule has 0 fully saturated rings. The van der Waals surface area contributed by atoms with Crippen LogP contribution in [0.1, 0.15) is 11.1 Å². The van der Waals surface area contributed by atoms with E-state index in [0.29, 0.717) is 11.4 Å². The Morgan fingerprint density at radius 2 is 1.05 bits per heavy atom. The molecule has 216 valence electrons. The lowest BCUT2D eigenvalue weighted by Crippen LogP contribution is -2.03. The van der Waals surface area contributed by atoms with Crippen molar-refractivity contribution in [2.75, 3.05) is 10.6 Å². The second-order valence-electron chi connectivity index (χ2n) is 10.1. The number of aliphatic imine (C=N–C) groups is 1. The van der Waals surface area contributed by atoms with Crippen LogP contribution in [0.4, 0.5) is 28.4 Å². The van der Waals surface area contributed by atoms with Gasteiger partial charge in [-0.15, -0.1) is 0 Å². The normalized spacial score (nSPS) is 12.6. The molecule has 0 amide bonds. The predicted molar refractivity (Wildman–Crippen MR) is 180 cm³/mol. The van der Waals surface area contributed by atoms with E-state index in [1.165, 1.54) is 6.07 Å². The quantitative estimate of drug-likeness (QED) is 0.156. The minimum atomic E-state index is -4.37. The maximum atomic E-state index is 11.9. The summed E-state index contributed by atoms with van der Waals surface area (Å²) in [5.74, 6) is 0. The molecule has 7 heteroatoms. The van der Waals surface area contributed by atoms with Crippen LogP contribution in [0.15, 0.2) is 173 Å². The number of hydrogen-bond donors (Lipinski definition) is 3. The van der Waals surface area contributed by atoms with Gasteiger partial charge in [-0.05, 0) is 95.1 Å². The third kappa shape index (κ3) is 6.93. The summed E-state index contributed by atoms with van der Waals surface area (Å²) in [7, 11) is -4.37. The molecule has 5 aromatic rings. The van der Waals surface area contributed by atoms with Gasteiger partial charge in [-0.25, -0.2) is 4.99 Å². The molecule has 0 radical (unpaired) electrons. The van der Waals surface area contributed by atoms with Crippen LogP contribution in [0.2, 0.25) is 0 Å². The third-order valence-corrected chi connectivity index (χ3v) is 7.94. The zero-order valence-corrected chi connectivity index (χ0v) is 24.4. The van der Waals surface area contributed by atoms with E-state index >= 15 is 0 Å². The molecule has 0 aromatic heterocycles. The van der Waals surface area contributed by atoms with Gasteiger partial charge in [0.15, 0.2) is 0 Å². The van der Waals surface area contributed by atoms with Crippen LogP contribution >= 0.6 is 0 Å².